The highest BCUT2D eigenvalue weighted by molar-refractivity contribution is 5.95. The fraction of sp³-hybridized carbons (Fsp3) is 0.577. The molecule has 1 aromatic carbocycles. The molecule has 1 aromatic rings. The van der Waals surface area contributed by atoms with Crippen LogP contribution >= 0.6 is 0 Å². The van der Waals surface area contributed by atoms with E-state index < -0.39 is 5.97 Å². The molecule has 1 saturated heterocycles. The van der Waals surface area contributed by atoms with Crippen molar-refractivity contribution in [2.45, 2.75) is 58.4 Å². The van der Waals surface area contributed by atoms with Crippen LogP contribution in [0.25, 0.3) is 0 Å². The Morgan fingerprint density at radius 2 is 1.78 bits per heavy atom. The summed E-state index contributed by atoms with van der Waals surface area (Å²) in [6, 6.07) is 6.95. The fourth-order valence-corrected chi connectivity index (χ4v) is 4.65. The molecule has 0 spiro atoms. The first-order valence-corrected chi connectivity index (χ1v) is 12.7. The third-order valence-corrected chi connectivity index (χ3v) is 6.45. The van der Waals surface area contributed by atoms with Crippen LogP contribution in [0.15, 0.2) is 24.3 Å². The van der Waals surface area contributed by atoms with Crippen molar-refractivity contribution in [2.75, 3.05) is 37.7 Å². The molecule has 2 amide bonds. The number of amides is 2. The van der Waals surface area contributed by atoms with E-state index in [0.717, 1.165) is 38.3 Å². The molecule has 37 heavy (non-hydrogen) atoms. The number of aliphatic carboxylic acids is 1. The van der Waals surface area contributed by atoms with E-state index in [1.54, 1.807) is 24.0 Å². The topological polar surface area (TPSA) is 166 Å². The van der Waals surface area contributed by atoms with Crippen LogP contribution in [0.1, 0.15) is 57.9 Å². The van der Waals surface area contributed by atoms with Crippen molar-refractivity contribution in [3.8, 4) is 0 Å². The normalized spacial score (nSPS) is 16.8. The molecule has 5 N–H and O–H groups in total. The summed E-state index contributed by atoms with van der Waals surface area (Å²) in [5.74, 6) is -1.22. The van der Waals surface area contributed by atoms with Crippen molar-refractivity contribution in [1.29, 1.82) is 5.41 Å². The van der Waals surface area contributed by atoms with Gasteiger partial charge in [0.1, 0.15) is 5.84 Å². The fourth-order valence-electron chi connectivity index (χ4n) is 4.65. The number of anilines is 1. The Morgan fingerprint density at radius 1 is 1.16 bits per heavy atom. The first-order valence-electron chi connectivity index (χ1n) is 12.7. The number of amidine groups is 1. The number of esters is 1. The number of carboxylic acid groups (broad SMARTS) is 1. The maximum Gasteiger partial charge on any atom is 0.307 e. The summed E-state index contributed by atoms with van der Waals surface area (Å²) in [6.07, 6.45) is 5.55. The quantitative estimate of drug-likeness (QED) is 0.218. The van der Waals surface area contributed by atoms with E-state index in [1.807, 2.05) is 17.0 Å². The lowest BCUT2D eigenvalue weighted by Crippen LogP contribution is -2.54. The first-order chi connectivity index (χ1) is 17.6. The average molecular weight is 518 g/mol. The molecule has 3 rings (SSSR count). The molecule has 1 heterocycles. The maximum atomic E-state index is 12.8. The Balaban J connectivity index is 0.00000112. The van der Waals surface area contributed by atoms with E-state index in [4.69, 9.17) is 25.8 Å². The lowest BCUT2D eigenvalue weighted by molar-refractivity contribution is -0.144. The highest BCUT2D eigenvalue weighted by Crippen LogP contribution is 2.28. The summed E-state index contributed by atoms with van der Waals surface area (Å²) in [5.41, 5.74) is 7.01. The summed E-state index contributed by atoms with van der Waals surface area (Å²) in [4.78, 5) is 50.1. The molecule has 0 radical (unpaired) electrons. The van der Waals surface area contributed by atoms with Crippen LogP contribution in [0.4, 0.5) is 5.69 Å². The second kappa shape index (κ2) is 14.8. The molecule has 204 valence electrons. The number of nitrogens with two attached hydrogens (primary N) is 1. The van der Waals surface area contributed by atoms with E-state index in [2.05, 4.69) is 5.32 Å². The molecular formula is C26H39N5O6. The number of nitrogen functional groups attached to an aromatic ring is 1. The third kappa shape index (κ3) is 10.1. The van der Waals surface area contributed by atoms with Gasteiger partial charge in [-0.25, -0.2) is 0 Å². The van der Waals surface area contributed by atoms with Gasteiger partial charge in [0.25, 0.3) is 5.97 Å². The van der Waals surface area contributed by atoms with Crippen LogP contribution in [0, 0.1) is 11.3 Å². The molecule has 1 unspecified atom stereocenters. The van der Waals surface area contributed by atoms with E-state index in [0.29, 0.717) is 25.3 Å². The minimum Gasteiger partial charge on any atom is -0.481 e. The van der Waals surface area contributed by atoms with Gasteiger partial charge in [-0.15, -0.1) is 0 Å². The Morgan fingerprint density at radius 3 is 2.32 bits per heavy atom. The SMILES string of the molecule is CC(=O)O.CCOC(=O)CC(NC(=O)CN1CCN(c2ccc(C(=N)N)cc2)CC1=O)C1CCCCC1. The van der Waals surface area contributed by atoms with Crippen LogP contribution < -0.4 is 16.0 Å². The van der Waals surface area contributed by atoms with Crippen LogP contribution in [-0.4, -0.2) is 78.4 Å². The van der Waals surface area contributed by atoms with Gasteiger partial charge in [-0.3, -0.25) is 24.6 Å². The highest BCUT2D eigenvalue weighted by atomic mass is 16.5. The average Bonchev–Trinajstić information content (AvgIpc) is 2.85. The molecule has 11 nitrogen and oxygen atoms in total. The summed E-state index contributed by atoms with van der Waals surface area (Å²) < 4.78 is 5.11. The zero-order valence-electron chi connectivity index (χ0n) is 21.7. The number of piperazine rings is 1. The molecule has 0 bridgehead atoms. The summed E-state index contributed by atoms with van der Waals surface area (Å²) in [6.45, 7) is 4.39. The second-order valence-corrected chi connectivity index (χ2v) is 9.30. The largest absolute Gasteiger partial charge is 0.481 e. The van der Waals surface area contributed by atoms with Gasteiger partial charge in [0.15, 0.2) is 0 Å². The summed E-state index contributed by atoms with van der Waals surface area (Å²) in [5, 5.41) is 17.9. The molecule has 1 saturated carbocycles. The van der Waals surface area contributed by atoms with Crippen molar-refractivity contribution in [3.63, 3.8) is 0 Å². The van der Waals surface area contributed by atoms with E-state index in [9.17, 15) is 14.4 Å². The van der Waals surface area contributed by atoms with Crippen LogP contribution in [-0.2, 0) is 23.9 Å². The van der Waals surface area contributed by atoms with Gasteiger partial charge >= 0.3 is 5.97 Å². The molecule has 2 aliphatic rings. The standard InChI is InChI=1S/C24H35N5O4.C2H4O2/c1-2-33-23(32)14-20(17-6-4-3-5-7-17)27-21(30)15-29-13-12-28(16-22(29)31)19-10-8-18(9-11-19)24(25)26;1-2(3)4/h8-11,17,20H,2-7,12-16H2,1H3,(H3,25,26)(H,27,30);1H3,(H,3,4). The number of nitrogens with one attached hydrogen (secondary N) is 2. The zero-order valence-corrected chi connectivity index (χ0v) is 21.7. The predicted molar refractivity (Wildman–Crippen MR) is 139 cm³/mol. The summed E-state index contributed by atoms with van der Waals surface area (Å²) in [7, 11) is 0. The molecule has 1 aliphatic carbocycles. The van der Waals surface area contributed by atoms with Crippen LogP contribution in [0.2, 0.25) is 0 Å². The van der Waals surface area contributed by atoms with Crippen molar-refractivity contribution in [3.05, 3.63) is 29.8 Å². The van der Waals surface area contributed by atoms with Crippen LogP contribution in [0.5, 0.6) is 0 Å². The van der Waals surface area contributed by atoms with Crippen molar-refractivity contribution in [2.24, 2.45) is 11.7 Å². The molecule has 2 fully saturated rings. The van der Waals surface area contributed by atoms with Gasteiger partial charge in [0.05, 0.1) is 26.1 Å². The molecule has 0 aromatic heterocycles. The van der Waals surface area contributed by atoms with Crippen molar-refractivity contribution in [1.82, 2.24) is 10.2 Å². The van der Waals surface area contributed by atoms with Gasteiger partial charge in [-0.1, -0.05) is 19.3 Å². The second-order valence-electron chi connectivity index (χ2n) is 9.30. The van der Waals surface area contributed by atoms with E-state index in [-0.39, 0.29) is 55.1 Å². The van der Waals surface area contributed by atoms with E-state index in [1.165, 1.54) is 6.42 Å². The Kier molecular flexibility index (Phi) is 11.9. The summed E-state index contributed by atoms with van der Waals surface area (Å²) >= 11 is 0. The number of carbonyl (C=O) groups excluding carboxylic acids is 3. The van der Waals surface area contributed by atoms with Gasteiger partial charge in [-0.2, -0.15) is 0 Å². The Bertz CT molecular complexity index is 941. The van der Waals surface area contributed by atoms with Gasteiger partial charge in [0, 0.05) is 37.3 Å². The number of ether oxygens (including phenoxy) is 1. The first kappa shape index (κ1) is 29.6. The number of carboxylic acids is 1. The number of hydrogen-bond acceptors (Lipinski definition) is 7. The minimum absolute atomic E-state index is 0.00273. The zero-order chi connectivity index (χ0) is 27.4. The number of benzene rings is 1. The Hall–Kier alpha value is -3.63. The van der Waals surface area contributed by atoms with E-state index >= 15 is 0 Å². The molecule has 1 aliphatic heterocycles. The van der Waals surface area contributed by atoms with Crippen molar-refractivity contribution < 1.29 is 29.0 Å². The monoisotopic (exact) mass is 517 g/mol. The van der Waals surface area contributed by atoms with Crippen molar-refractivity contribution >= 4 is 35.3 Å². The molecular weight excluding hydrogens is 478 g/mol. The maximum absolute atomic E-state index is 12.8. The third-order valence-electron chi connectivity index (χ3n) is 6.45. The van der Waals surface area contributed by atoms with Gasteiger partial charge in [-0.05, 0) is 49.9 Å². The number of rotatable bonds is 9. The number of nitrogens with zero attached hydrogens (tertiary/aromatic N) is 2. The number of hydrogen-bond donors (Lipinski definition) is 4. The molecule has 1 atom stereocenters. The predicted octanol–water partition coefficient (Wildman–Crippen LogP) is 1.73. The van der Waals surface area contributed by atoms with Gasteiger partial charge in [0.2, 0.25) is 11.8 Å². The van der Waals surface area contributed by atoms with Crippen LogP contribution in [0.3, 0.4) is 0 Å². The smallest absolute Gasteiger partial charge is 0.307 e. The Labute approximate surface area is 217 Å². The lowest BCUT2D eigenvalue weighted by atomic mass is 9.82. The van der Waals surface area contributed by atoms with Gasteiger partial charge < -0.3 is 30.7 Å². The minimum atomic E-state index is -0.833. The molecule has 11 heteroatoms. The lowest BCUT2D eigenvalue weighted by Gasteiger charge is -2.36. The highest BCUT2D eigenvalue weighted by Gasteiger charge is 2.30. The number of carbonyl (C=O) groups is 4.